The summed E-state index contributed by atoms with van der Waals surface area (Å²) in [7, 11) is -3.54. The fourth-order valence-corrected chi connectivity index (χ4v) is 6.35. The second kappa shape index (κ2) is 7.38. The Labute approximate surface area is 153 Å². The Morgan fingerprint density at radius 3 is 2.92 bits per heavy atom. The van der Waals surface area contributed by atoms with Gasteiger partial charge >= 0.3 is 0 Å². The molecule has 24 heavy (non-hydrogen) atoms. The maximum Gasteiger partial charge on any atom is 0.252 e. The molecule has 1 atom stereocenters. The predicted molar refractivity (Wildman–Crippen MR) is 94.1 cm³/mol. The Hall–Kier alpha value is -1.16. The number of thiophene rings is 1. The Balaban J connectivity index is 1.64. The molecule has 1 unspecified atom stereocenters. The van der Waals surface area contributed by atoms with E-state index in [9.17, 15) is 13.2 Å². The fourth-order valence-electron chi connectivity index (χ4n) is 2.67. The quantitative estimate of drug-likeness (QED) is 0.787. The summed E-state index contributed by atoms with van der Waals surface area (Å²) >= 11 is 4.47. The molecular formula is C15H17BrN2O4S2. The van der Waals surface area contributed by atoms with Crippen molar-refractivity contribution in [2.75, 3.05) is 13.1 Å². The minimum atomic E-state index is -3.54. The first kappa shape index (κ1) is 17.7. The molecule has 6 nitrogen and oxygen atoms in total. The number of hydrogen-bond acceptors (Lipinski definition) is 5. The van der Waals surface area contributed by atoms with Crippen LogP contribution in [0.5, 0.6) is 0 Å². The van der Waals surface area contributed by atoms with Crippen LogP contribution in [-0.4, -0.2) is 31.7 Å². The zero-order valence-corrected chi connectivity index (χ0v) is 16.0. The summed E-state index contributed by atoms with van der Waals surface area (Å²) in [5.41, 5.74) is 0.882. The molecule has 1 saturated heterocycles. The maximum absolute atomic E-state index is 12.7. The molecule has 0 bridgehead atoms. The van der Waals surface area contributed by atoms with E-state index in [1.54, 1.807) is 30.7 Å². The Bertz CT molecular complexity index is 801. The highest BCUT2D eigenvalue weighted by Crippen LogP contribution is 2.30. The van der Waals surface area contributed by atoms with Gasteiger partial charge in [0, 0.05) is 25.2 Å². The first-order valence-electron chi connectivity index (χ1n) is 7.51. The number of furan rings is 1. The third-order valence-corrected chi connectivity index (χ3v) is 7.90. The van der Waals surface area contributed by atoms with Gasteiger partial charge in [0.2, 0.25) is 5.91 Å². The number of piperidine rings is 1. The molecule has 1 fully saturated rings. The van der Waals surface area contributed by atoms with E-state index >= 15 is 0 Å². The van der Waals surface area contributed by atoms with Crippen LogP contribution < -0.4 is 5.32 Å². The first-order valence-corrected chi connectivity index (χ1v) is 10.6. The molecule has 1 N–H and O–H groups in total. The zero-order chi connectivity index (χ0) is 17.2. The van der Waals surface area contributed by atoms with E-state index in [0.29, 0.717) is 30.1 Å². The van der Waals surface area contributed by atoms with Gasteiger partial charge in [-0.2, -0.15) is 4.31 Å². The van der Waals surface area contributed by atoms with Gasteiger partial charge in [0.15, 0.2) is 0 Å². The smallest absolute Gasteiger partial charge is 0.252 e. The topological polar surface area (TPSA) is 79.6 Å². The summed E-state index contributed by atoms with van der Waals surface area (Å²) < 4.78 is 32.8. The van der Waals surface area contributed by atoms with E-state index in [-0.39, 0.29) is 18.4 Å². The van der Waals surface area contributed by atoms with Crippen LogP contribution in [0.4, 0.5) is 0 Å². The summed E-state index contributed by atoms with van der Waals surface area (Å²) in [6.45, 7) is 1.05. The van der Waals surface area contributed by atoms with Gasteiger partial charge in [0.1, 0.15) is 4.21 Å². The van der Waals surface area contributed by atoms with E-state index in [0.717, 1.165) is 9.35 Å². The molecule has 2 aromatic rings. The van der Waals surface area contributed by atoms with Crippen molar-refractivity contribution in [3.8, 4) is 0 Å². The summed E-state index contributed by atoms with van der Waals surface area (Å²) in [5, 5.41) is 2.85. The third-order valence-electron chi connectivity index (χ3n) is 3.94. The van der Waals surface area contributed by atoms with Crippen LogP contribution in [0.1, 0.15) is 18.4 Å². The molecule has 0 spiro atoms. The van der Waals surface area contributed by atoms with Gasteiger partial charge in [-0.1, -0.05) is 0 Å². The Morgan fingerprint density at radius 1 is 1.42 bits per heavy atom. The second-order valence-electron chi connectivity index (χ2n) is 5.61. The highest BCUT2D eigenvalue weighted by Gasteiger charge is 2.33. The van der Waals surface area contributed by atoms with E-state index in [1.807, 2.05) is 0 Å². The Morgan fingerprint density at radius 2 is 2.25 bits per heavy atom. The van der Waals surface area contributed by atoms with Crippen LogP contribution in [0, 0.1) is 5.92 Å². The number of rotatable bonds is 5. The third kappa shape index (κ3) is 3.90. The van der Waals surface area contributed by atoms with E-state index in [1.165, 1.54) is 15.6 Å². The maximum atomic E-state index is 12.7. The molecule has 0 radical (unpaired) electrons. The molecule has 130 valence electrons. The minimum absolute atomic E-state index is 0.122. The van der Waals surface area contributed by atoms with Gasteiger partial charge in [-0.25, -0.2) is 8.42 Å². The average Bonchev–Trinajstić information content (AvgIpc) is 3.24. The highest BCUT2D eigenvalue weighted by molar-refractivity contribution is 9.11. The van der Waals surface area contributed by atoms with Gasteiger partial charge in [-0.15, -0.1) is 11.3 Å². The molecule has 0 aromatic carbocycles. The molecule has 0 aliphatic carbocycles. The van der Waals surface area contributed by atoms with Crippen LogP contribution in [0.15, 0.2) is 43.1 Å². The molecular weight excluding hydrogens is 416 g/mol. The molecule has 1 amide bonds. The van der Waals surface area contributed by atoms with Crippen LogP contribution in [-0.2, 0) is 21.4 Å². The predicted octanol–water partition coefficient (Wildman–Crippen LogP) is 2.82. The zero-order valence-electron chi connectivity index (χ0n) is 12.8. The lowest BCUT2D eigenvalue weighted by atomic mass is 9.99. The number of nitrogens with one attached hydrogen (secondary N) is 1. The number of carbonyl (C=O) groups excluding carboxylic acids is 1. The number of hydrogen-bond donors (Lipinski definition) is 1. The molecule has 9 heteroatoms. The van der Waals surface area contributed by atoms with E-state index in [2.05, 4.69) is 21.2 Å². The second-order valence-corrected chi connectivity index (χ2v) is 10.2. The van der Waals surface area contributed by atoms with E-state index < -0.39 is 10.0 Å². The first-order chi connectivity index (χ1) is 11.5. The van der Waals surface area contributed by atoms with Crippen molar-refractivity contribution in [3.05, 3.63) is 40.1 Å². The Kier molecular flexibility index (Phi) is 5.43. The standard InChI is InChI=1S/C15H17BrN2O4S2/c16-13-3-4-14(23-13)24(20,21)18-6-1-2-12(9-18)15(19)17-8-11-5-7-22-10-11/h3-5,7,10,12H,1-2,6,8-9H2,(H,17,19). The van der Waals surface area contributed by atoms with Gasteiger partial charge in [-0.3, -0.25) is 4.79 Å². The highest BCUT2D eigenvalue weighted by atomic mass is 79.9. The number of nitrogens with zero attached hydrogens (tertiary/aromatic N) is 1. The summed E-state index contributed by atoms with van der Waals surface area (Å²) in [6, 6.07) is 5.09. The summed E-state index contributed by atoms with van der Waals surface area (Å²) in [5.74, 6) is -0.452. The van der Waals surface area contributed by atoms with Gasteiger partial charge in [0.25, 0.3) is 10.0 Å². The fraction of sp³-hybridized carbons (Fsp3) is 0.400. The molecule has 2 aromatic heterocycles. The van der Waals surface area contributed by atoms with Crippen LogP contribution in [0.3, 0.4) is 0 Å². The lowest BCUT2D eigenvalue weighted by Crippen LogP contribution is -2.45. The minimum Gasteiger partial charge on any atom is -0.472 e. The van der Waals surface area contributed by atoms with Crippen molar-refractivity contribution < 1.29 is 17.6 Å². The SMILES string of the molecule is O=C(NCc1ccoc1)C1CCCN(S(=O)(=O)c2ccc(Br)s2)C1. The van der Waals surface area contributed by atoms with Crippen LogP contribution in [0.25, 0.3) is 0 Å². The van der Waals surface area contributed by atoms with Crippen molar-refractivity contribution in [3.63, 3.8) is 0 Å². The van der Waals surface area contributed by atoms with Gasteiger partial charge < -0.3 is 9.73 Å². The number of sulfonamides is 1. The largest absolute Gasteiger partial charge is 0.472 e. The van der Waals surface area contributed by atoms with Crippen molar-refractivity contribution in [2.45, 2.75) is 23.6 Å². The van der Waals surface area contributed by atoms with Gasteiger partial charge in [0.05, 0.1) is 22.2 Å². The van der Waals surface area contributed by atoms with Crippen LogP contribution >= 0.6 is 27.3 Å². The van der Waals surface area contributed by atoms with Crippen molar-refractivity contribution >= 4 is 43.2 Å². The summed E-state index contributed by atoms with van der Waals surface area (Å²) in [6.07, 6.45) is 4.50. The van der Waals surface area contributed by atoms with Crippen LogP contribution in [0.2, 0.25) is 0 Å². The molecule has 3 rings (SSSR count). The lowest BCUT2D eigenvalue weighted by Gasteiger charge is -2.30. The molecule has 1 aliphatic rings. The monoisotopic (exact) mass is 432 g/mol. The lowest BCUT2D eigenvalue weighted by molar-refractivity contribution is -0.126. The van der Waals surface area contributed by atoms with Crippen molar-refractivity contribution in [1.29, 1.82) is 0 Å². The molecule has 3 heterocycles. The molecule has 0 saturated carbocycles. The van der Waals surface area contributed by atoms with E-state index in [4.69, 9.17) is 4.42 Å². The number of halogens is 1. The van der Waals surface area contributed by atoms with Crippen molar-refractivity contribution in [1.82, 2.24) is 9.62 Å². The number of amides is 1. The summed E-state index contributed by atoms with van der Waals surface area (Å²) in [4.78, 5) is 12.3. The molecule has 1 aliphatic heterocycles. The normalized spacial score (nSPS) is 19.3. The number of carbonyl (C=O) groups is 1. The van der Waals surface area contributed by atoms with Gasteiger partial charge in [-0.05, 0) is 47.0 Å². The van der Waals surface area contributed by atoms with Crippen molar-refractivity contribution in [2.24, 2.45) is 5.92 Å². The average molecular weight is 433 g/mol.